The summed E-state index contributed by atoms with van der Waals surface area (Å²) in [6.07, 6.45) is 7.96. The first-order valence-electron chi connectivity index (χ1n) is 7.50. The van der Waals surface area contributed by atoms with Crippen molar-refractivity contribution in [3.8, 4) is 0 Å². The third kappa shape index (κ3) is 2.99. The highest BCUT2D eigenvalue weighted by Gasteiger charge is 2.68. The van der Waals surface area contributed by atoms with Crippen LogP contribution in [0.2, 0.25) is 0 Å². The van der Waals surface area contributed by atoms with Gasteiger partial charge in [0.15, 0.2) is 0 Å². The molecule has 0 aliphatic heterocycles. The standard InChI is InChI=1S/C15H24F2O2/c1-19-10-6-4-2-3-5-7-11-8-9-12-13(11)14(18)15(12,16)17/h11-13H,2-10H2,1H3/t11?,12-,13-/m0/s1. The SMILES string of the molecule is COCCCCCCCC1CC[C@H]2[C@H]1C(=O)C2(F)F. The van der Waals surface area contributed by atoms with Crippen molar-refractivity contribution in [3.05, 3.63) is 0 Å². The number of hydrogen-bond donors (Lipinski definition) is 0. The lowest BCUT2D eigenvalue weighted by molar-refractivity contribution is -0.187. The van der Waals surface area contributed by atoms with E-state index in [1.807, 2.05) is 0 Å². The second-order valence-corrected chi connectivity index (χ2v) is 6.01. The second kappa shape index (κ2) is 6.29. The molecule has 2 rings (SSSR count). The molecule has 0 spiro atoms. The molecule has 0 saturated heterocycles. The van der Waals surface area contributed by atoms with Crippen molar-refractivity contribution >= 4 is 5.78 Å². The van der Waals surface area contributed by atoms with Crippen LogP contribution in [0, 0.1) is 17.8 Å². The highest BCUT2D eigenvalue weighted by Crippen LogP contribution is 2.57. The van der Waals surface area contributed by atoms with Crippen LogP contribution in [0.1, 0.15) is 51.4 Å². The summed E-state index contributed by atoms with van der Waals surface area (Å²) >= 11 is 0. The van der Waals surface area contributed by atoms with Crippen LogP contribution >= 0.6 is 0 Å². The molecular weight excluding hydrogens is 250 g/mol. The van der Waals surface area contributed by atoms with E-state index in [9.17, 15) is 13.6 Å². The number of ketones is 1. The smallest absolute Gasteiger partial charge is 0.309 e. The van der Waals surface area contributed by atoms with Crippen molar-refractivity contribution in [2.24, 2.45) is 17.8 Å². The Hall–Kier alpha value is -0.510. The first-order chi connectivity index (χ1) is 9.09. The first kappa shape index (κ1) is 14.9. The van der Waals surface area contributed by atoms with Crippen LogP contribution in [0.4, 0.5) is 8.78 Å². The number of unbranched alkanes of at least 4 members (excludes halogenated alkanes) is 4. The van der Waals surface area contributed by atoms with Crippen LogP contribution in [-0.2, 0) is 9.53 Å². The first-order valence-corrected chi connectivity index (χ1v) is 7.50. The Kier molecular flexibility index (Phi) is 4.93. The zero-order chi connectivity index (χ0) is 13.9. The third-order valence-corrected chi connectivity index (χ3v) is 4.81. The molecule has 2 aliphatic carbocycles. The van der Waals surface area contributed by atoms with Gasteiger partial charge in [-0.05, 0) is 31.6 Å². The summed E-state index contributed by atoms with van der Waals surface area (Å²) in [5, 5.41) is 0. The summed E-state index contributed by atoms with van der Waals surface area (Å²) < 4.78 is 31.5. The Bertz CT molecular complexity index is 317. The molecule has 4 heteroatoms. The summed E-state index contributed by atoms with van der Waals surface area (Å²) in [5.41, 5.74) is 0. The lowest BCUT2D eigenvalue weighted by Crippen LogP contribution is -2.57. The molecular formula is C15H24F2O2. The number of rotatable bonds is 8. The minimum atomic E-state index is -3.00. The van der Waals surface area contributed by atoms with E-state index >= 15 is 0 Å². The van der Waals surface area contributed by atoms with E-state index in [0.29, 0.717) is 6.42 Å². The molecule has 2 aliphatic rings. The fourth-order valence-corrected chi connectivity index (χ4v) is 3.70. The van der Waals surface area contributed by atoms with Crippen LogP contribution in [0.25, 0.3) is 0 Å². The zero-order valence-corrected chi connectivity index (χ0v) is 11.7. The molecule has 3 atom stereocenters. The molecule has 0 aromatic heterocycles. The maximum atomic E-state index is 13.3. The Labute approximate surface area is 113 Å². The van der Waals surface area contributed by atoms with E-state index in [2.05, 4.69) is 0 Å². The Morgan fingerprint density at radius 3 is 2.58 bits per heavy atom. The van der Waals surface area contributed by atoms with Crippen LogP contribution in [0.15, 0.2) is 0 Å². The number of ether oxygens (including phenoxy) is 1. The van der Waals surface area contributed by atoms with Crippen molar-refractivity contribution in [3.63, 3.8) is 0 Å². The predicted octanol–water partition coefficient (Wildman–Crippen LogP) is 3.83. The number of alkyl halides is 2. The molecule has 19 heavy (non-hydrogen) atoms. The lowest BCUT2D eigenvalue weighted by Gasteiger charge is -2.40. The van der Waals surface area contributed by atoms with Crippen molar-refractivity contribution in [2.75, 3.05) is 13.7 Å². The molecule has 0 heterocycles. The van der Waals surface area contributed by atoms with Crippen molar-refractivity contribution in [1.82, 2.24) is 0 Å². The van der Waals surface area contributed by atoms with Gasteiger partial charge >= 0.3 is 5.92 Å². The van der Waals surface area contributed by atoms with E-state index in [1.165, 1.54) is 12.8 Å². The second-order valence-electron chi connectivity index (χ2n) is 6.01. The zero-order valence-electron chi connectivity index (χ0n) is 11.7. The molecule has 0 bridgehead atoms. The monoisotopic (exact) mass is 274 g/mol. The molecule has 2 fully saturated rings. The summed E-state index contributed by atoms with van der Waals surface area (Å²) in [4.78, 5) is 11.4. The fraction of sp³-hybridized carbons (Fsp3) is 0.933. The molecule has 2 nitrogen and oxygen atoms in total. The number of hydrogen-bond acceptors (Lipinski definition) is 2. The molecule has 0 aromatic carbocycles. The van der Waals surface area contributed by atoms with Gasteiger partial charge in [-0.2, -0.15) is 8.78 Å². The Morgan fingerprint density at radius 1 is 1.16 bits per heavy atom. The highest BCUT2D eigenvalue weighted by molar-refractivity contribution is 5.95. The normalized spacial score (nSPS) is 32.2. The third-order valence-electron chi connectivity index (χ3n) is 4.81. The van der Waals surface area contributed by atoms with E-state index in [0.717, 1.165) is 38.7 Å². The van der Waals surface area contributed by atoms with Gasteiger partial charge in [-0.3, -0.25) is 4.79 Å². The summed E-state index contributed by atoms with van der Waals surface area (Å²) in [7, 11) is 1.71. The van der Waals surface area contributed by atoms with Gasteiger partial charge in [0.05, 0.1) is 0 Å². The van der Waals surface area contributed by atoms with Gasteiger partial charge in [-0.15, -0.1) is 0 Å². The predicted molar refractivity (Wildman–Crippen MR) is 69.2 cm³/mol. The quantitative estimate of drug-likeness (QED) is 0.629. The summed E-state index contributed by atoms with van der Waals surface area (Å²) in [6.45, 7) is 0.815. The van der Waals surface area contributed by atoms with Gasteiger partial charge < -0.3 is 4.74 Å². The summed E-state index contributed by atoms with van der Waals surface area (Å²) in [5.74, 6) is -4.49. The number of fused-ring (bicyclic) bond motifs is 1. The van der Waals surface area contributed by atoms with E-state index in [-0.39, 0.29) is 11.8 Å². The van der Waals surface area contributed by atoms with E-state index in [4.69, 9.17) is 4.74 Å². The Morgan fingerprint density at radius 2 is 1.84 bits per heavy atom. The lowest BCUT2D eigenvalue weighted by atomic mass is 9.67. The minimum Gasteiger partial charge on any atom is -0.385 e. The number of carbonyl (C=O) groups excluding carboxylic acids is 1. The maximum absolute atomic E-state index is 13.3. The van der Waals surface area contributed by atoms with Gasteiger partial charge in [0.2, 0.25) is 5.78 Å². The maximum Gasteiger partial charge on any atom is 0.309 e. The molecule has 2 saturated carbocycles. The minimum absolute atomic E-state index is 0.233. The summed E-state index contributed by atoms with van der Waals surface area (Å²) in [6, 6.07) is 0. The molecule has 0 aromatic rings. The van der Waals surface area contributed by atoms with Crippen LogP contribution in [-0.4, -0.2) is 25.4 Å². The molecule has 110 valence electrons. The molecule has 0 N–H and O–H groups in total. The number of carbonyl (C=O) groups is 1. The van der Waals surface area contributed by atoms with Gasteiger partial charge in [-0.25, -0.2) is 0 Å². The van der Waals surface area contributed by atoms with Crippen LogP contribution < -0.4 is 0 Å². The topological polar surface area (TPSA) is 26.3 Å². The highest BCUT2D eigenvalue weighted by atomic mass is 19.3. The molecule has 0 amide bonds. The van der Waals surface area contributed by atoms with Crippen molar-refractivity contribution in [2.45, 2.75) is 57.3 Å². The fourth-order valence-electron chi connectivity index (χ4n) is 3.70. The van der Waals surface area contributed by atoms with Crippen LogP contribution in [0.3, 0.4) is 0 Å². The van der Waals surface area contributed by atoms with Crippen molar-refractivity contribution in [1.29, 1.82) is 0 Å². The average molecular weight is 274 g/mol. The van der Waals surface area contributed by atoms with Gasteiger partial charge in [0, 0.05) is 25.6 Å². The number of methoxy groups -OCH3 is 1. The van der Waals surface area contributed by atoms with Crippen molar-refractivity contribution < 1.29 is 18.3 Å². The van der Waals surface area contributed by atoms with Crippen LogP contribution in [0.5, 0.6) is 0 Å². The Balaban J connectivity index is 1.59. The average Bonchev–Trinajstić information content (AvgIpc) is 2.79. The largest absolute Gasteiger partial charge is 0.385 e. The molecule has 1 unspecified atom stereocenters. The molecule has 0 radical (unpaired) electrons. The van der Waals surface area contributed by atoms with E-state index in [1.54, 1.807) is 7.11 Å². The van der Waals surface area contributed by atoms with Gasteiger partial charge in [-0.1, -0.05) is 25.7 Å². The van der Waals surface area contributed by atoms with Gasteiger partial charge in [0.1, 0.15) is 0 Å². The number of Topliss-reactive ketones (excluding diaryl/α,β-unsaturated/α-hetero) is 1. The van der Waals surface area contributed by atoms with Gasteiger partial charge in [0.25, 0.3) is 0 Å². The van der Waals surface area contributed by atoms with E-state index < -0.39 is 17.6 Å². The number of halogens is 2.